The molecule has 5 nitrogen and oxygen atoms in total. The number of aromatic carboxylic acids is 1. The number of carbonyl (C=O) groups is 1. The number of benzene rings is 2. The van der Waals surface area contributed by atoms with Gasteiger partial charge in [-0.1, -0.05) is 12.1 Å². The van der Waals surface area contributed by atoms with E-state index in [-0.39, 0.29) is 17.9 Å². The van der Waals surface area contributed by atoms with Gasteiger partial charge in [-0.3, -0.25) is 0 Å². The molecule has 0 heterocycles. The second kappa shape index (κ2) is 5.76. The third-order valence-corrected chi connectivity index (χ3v) is 2.71. The standard InChI is InChI=1S/C15H12N2O3/c16-8-10-2-1-3-11(6-10)9-20-14-5-4-12(15(18)19)7-13(14)17/h1-7H,9,17H2,(H,18,19). The van der Waals surface area contributed by atoms with Crippen LogP contribution in [0.25, 0.3) is 0 Å². The maximum absolute atomic E-state index is 10.8. The Morgan fingerprint density at radius 2 is 2.10 bits per heavy atom. The van der Waals surface area contributed by atoms with Crippen molar-refractivity contribution in [1.82, 2.24) is 0 Å². The molecule has 0 aliphatic rings. The molecular weight excluding hydrogens is 256 g/mol. The zero-order chi connectivity index (χ0) is 14.5. The van der Waals surface area contributed by atoms with Crippen molar-refractivity contribution >= 4 is 11.7 Å². The van der Waals surface area contributed by atoms with E-state index < -0.39 is 5.97 Å². The molecule has 0 saturated heterocycles. The first-order chi connectivity index (χ1) is 9.60. The largest absolute Gasteiger partial charge is 0.487 e. The minimum atomic E-state index is -1.04. The highest BCUT2D eigenvalue weighted by molar-refractivity contribution is 5.89. The number of nitrogen functional groups attached to an aromatic ring is 1. The van der Waals surface area contributed by atoms with Crippen molar-refractivity contribution in [3.63, 3.8) is 0 Å². The number of nitriles is 1. The summed E-state index contributed by atoms with van der Waals surface area (Å²) in [7, 11) is 0. The highest BCUT2D eigenvalue weighted by atomic mass is 16.5. The maximum atomic E-state index is 10.8. The van der Waals surface area contributed by atoms with Crippen molar-refractivity contribution in [2.75, 3.05) is 5.73 Å². The van der Waals surface area contributed by atoms with Crippen LogP contribution in [0.5, 0.6) is 5.75 Å². The topological polar surface area (TPSA) is 96.3 Å². The van der Waals surface area contributed by atoms with Gasteiger partial charge in [-0.25, -0.2) is 4.79 Å². The molecule has 0 unspecified atom stereocenters. The van der Waals surface area contributed by atoms with Gasteiger partial charge in [0, 0.05) is 0 Å². The quantitative estimate of drug-likeness (QED) is 0.830. The molecule has 0 fully saturated rings. The zero-order valence-corrected chi connectivity index (χ0v) is 10.5. The number of ether oxygens (including phenoxy) is 1. The Balaban J connectivity index is 2.11. The molecular formula is C15H12N2O3. The van der Waals surface area contributed by atoms with Gasteiger partial charge in [-0.2, -0.15) is 5.26 Å². The first-order valence-corrected chi connectivity index (χ1v) is 5.85. The van der Waals surface area contributed by atoms with E-state index >= 15 is 0 Å². The Kier molecular flexibility index (Phi) is 3.87. The second-order valence-electron chi connectivity index (χ2n) is 4.16. The van der Waals surface area contributed by atoms with E-state index in [1.54, 1.807) is 18.2 Å². The molecule has 0 atom stereocenters. The molecule has 0 spiro atoms. The number of carboxylic acid groups (broad SMARTS) is 1. The first kappa shape index (κ1) is 13.4. The highest BCUT2D eigenvalue weighted by Crippen LogP contribution is 2.23. The molecule has 0 amide bonds. The smallest absolute Gasteiger partial charge is 0.335 e. The van der Waals surface area contributed by atoms with Crippen molar-refractivity contribution < 1.29 is 14.6 Å². The lowest BCUT2D eigenvalue weighted by Gasteiger charge is -2.09. The van der Waals surface area contributed by atoms with Gasteiger partial charge in [0.15, 0.2) is 0 Å². The summed E-state index contributed by atoms with van der Waals surface area (Å²) >= 11 is 0. The molecule has 2 aromatic carbocycles. The summed E-state index contributed by atoms with van der Waals surface area (Å²) in [6.07, 6.45) is 0. The zero-order valence-electron chi connectivity index (χ0n) is 10.5. The number of rotatable bonds is 4. The van der Waals surface area contributed by atoms with Crippen LogP contribution in [-0.4, -0.2) is 11.1 Å². The van der Waals surface area contributed by atoms with Crippen molar-refractivity contribution in [3.8, 4) is 11.8 Å². The van der Waals surface area contributed by atoms with Gasteiger partial charge >= 0.3 is 5.97 Å². The van der Waals surface area contributed by atoms with E-state index in [0.29, 0.717) is 11.3 Å². The predicted octanol–water partition coefficient (Wildman–Crippen LogP) is 2.42. The molecule has 20 heavy (non-hydrogen) atoms. The number of hydrogen-bond acceptors (Lipinski definition) is 4. The predicted molar refractivity (Wildman–Crippen MR) is 73.3 cm³/mol. The minimum absolute atomic E-state index is 0.112. The Hall–Kier alpha value is -3.00. The molecule has 0 aromatic heterocycles. The fourth-order valence-electron chi connectivity index (χ4n) is 1.70. The van der Waals surface area contributed by atoms with Gasteiger partial charge in [0.05, 0.1) is 22.9 Å². The van der Waals surface area contributed by atoms with Crippen LogP contribution in [0.2, 0.25) is 0 Å². The molecule has 0 aliphatic heterocycles. The molecule has 0 bridgehead atoms. The average molecular weight is 268 g/mol. The summed E-state index contributed by atoms with van der Waals surface area (Å²) in [5, 5.41) is 17.6. The van der Waals surface area contributed by atoms with Crippen LogP contribution in [0.15, 0.2) is 42.5 Å². The van der Waals surface area contributed by atoms with Gasteiger partial charge in [-0.05, 0) is 35.9 Å². The fraction of sp³-hybridized carbons (Fsp3) is 0.0667. The third-order valence-electron chi connectivity index (χ3n) is 2.71. The average Bonchev–Trinajstić information content (AvgIpc) is 2.46. The number of hydrogen-bond donors (Lipinski definition) is 2. The van der Waals surface area contributed by atoms with E-state index in [0.717, 1.165) is 5.56 Å². The normalized spacial score (nSPS) is 9.75. The summed E-state index contributed by atoms with van der Waals surface area (Å²) < 4.78 is 5.53. The van der Waals surface area contributed by atoms with Crippen LogP contribution in [-0.2, 0) is 6.61 Å². The molecule has 2 aromatic rings. The fourth-order valence-corrected chi connectivity index (χ4v) is 1.70. The Bertz CT molecular complexity index is 690. The van der Waals surface area contributed by atoms with Gasteiger partial charge < -0.3 is 15.6 Å². The molecule has 0 saturated carbocycles. The first-order valence-electron chi connectivity index (χ1n) is 5.85. The summed E-state index contributed by atoms with van der Waals surface area (Å²) in [5.74, 6) is -0.623. The van der Waals surface area contributed by atoms with Crippen molar-refractivity contribution in [2.24, 2.45) is 0 Å². The van der Waals surface area contributed by atoms with Gasteiger partial charge in [0.1, 0.15) is 12.4 Å². The molecule has 3 N–H and O–H groups in total. The van der Waals surface area contributed by atoms with E-state index in [1.165, 1.54) is 18.2 Å². The minimum Gasteiger partial charge on any atom is -0.487 e. The number of nitrogens with two attached hydrogens (primary N) is 1. The summed E-state index contributed by atoms with van der Waals surface area (Å²) in [6, 6.07) is 13.4. The van der Waals surface area contributed by atoms with Gasteiger partial charge in [-0.15, -0.1) is 0 Å². The van der Waals surface area contributed by atoms with Gasteiger partial charge in [0.2, 0.25) is 0 Å². The van der Waals surface area contributed by atoms with E-state index in [4.69, 9.17) is 20.8 Å². The van der Waals surface area contributed by atoms with E-state index in [9.17, 15) is 4.79 Å². The third kappa shape index (κ3) is 3.06. The second-order valence-corrected chi connectivity index (χ2v) is 4.16. The van der Waals surface area contributed by atoms with E-state index in [1.807, 2.05) is 6.07 Å². The Labute approximate surface area is 115 Å². The lowest BCUT2D eigenvalue weighted by molar-refractivity contribution is 0.0697. The van der Waals surface area contributed by atoms with Crippen LogP contribution >= 0.6 is 0 Å². The summed E-state index contributed by atoms with van der Waals surface area (Å²) in [6.45, 7) is 0.256. The lowest BCUT2D eigenvalue weighted by atomic mass is 10.1. The summed E-state index contributed by atoms with van der Waals surface area (Å²) in [4.78, 5) is 10.8. The number of carboxylic acids is 1. The van der Waals surface area contributed by atoms with Gasteiger partial charge in [0.25, 0.3) is 0 Å². The monoisotopic (exact) mass is 268 g/mol. The lowest BCUT2D eigenvalue weighted by Crippen LogP contribution is -2.02. The highest BCUT2D eigenvalue weighted by Gasteiger charge is 2.07. The Morgan fingerprint density at radius 1 is 1.30 bits per heavy atom. The molecule has 0 radical (unpaired) electrons. The maximum Gasteiger partial charge on any atom is 0.335 e. The van der Waals surface area contributed by atoms with Crippen molar-refractivity contribution in [3.05, 3.63) is 59.2 Å². The SMILES string of the molecule is N#Cc1cccc(COc2ccc(C(=O)O)cc2N)c1. The Morgan fingerprint density at radius 3 is 2.75 bits per heavy atom. The van der Waals surface area contributed by atoms with Crippen LogP contribution in [0.4, 0.5) is 5.69 Å². The number of anilines is 1. The van der Waals surface area contributed by atoms with Crippen LogP contribution in [0.3, 0.4) is 0 Å². The van der Waals surface area contributed by atoms with Crippen LogP contribution < -0.4 is 10.5 Å². The molecule has 5 heteroatoms. The van der Waals surface area contributed by atoms with Crippen LogP contribution in [0.1, 0.15) is 21.5 Å². The molecule has 2 rings (SSSR count). The van der Waals surface area contributed by atoms with Crippen molar-refractivity contribution in [2.45, 2.75) is 6.61 Å². The number of nitrogens with zero attached hydrogens (tertiary/aromatic N) is 1. The summed E-state index contributed by atoms with van der Waals surface area (Å²) in [5.41, 5.74) is 7.51. The molecule has 0 aliphatic carbocycles. The van der Waals surface area contributed by atoms with Crippen molar-refractivity contribution in [1.29, 1.82) is 5.26 Å². The van der Waals surface area contributed by atoms with Crippen LogP contribution in [0, 0.1) is 11.3 Å². The molecule has 100 valence electrons. The van der Waals surface area contributed by atoms with E-state index in [2.05, 4.69) is 6.07 Å².